The summed E-state index contributed by atoms with van der Waals surface area (Å²) in [4.78, 5) is 38.4. The molecule has 1 heterocycles. The molecule has 1 atom stereocenters. The summed E-state index contributed by atoms with van der Waals surface area (Å²) < 4.78 is 0. The van der Waals surface area contributed by atoms with Gasteiger partial charge in [0.1, 0.15) is 0 Å². The molecule has 2 aliphatic rings. The van der Waals surface area contributed by atoms with E-state index >= 15 is 0 Å². The number of Topliss-reactive ketones (excluding diaryl/α,β-unsaturated/α-hetero) is 1. The molecule has 4 heteroatoms. The van der Waals surface area contributed by atoms with Gasteiger partial charge in [0.15, 0.2) is 5.78 Å². The molecule has 0 bridgehead atoms. The van der Waals surface area contributed by atoms with E-state index in [0.717, 1.165) is 24.8 Å². The summed E-state index contributed by atoms with van der Waals surface area (Å²) in [5.41, 5.74) is 1.70. The van der Waals surface area contributed by atoms with Crippen molar-refractivity contribution in [2.45, 2.75) is 45.1 Å². The highest BCUT2D eigenvalue weighted by Crippen LogP contribution is 2.30. The fourth-order valence-corrected chi connectivity index (χ4v) is 3.17. The highest BCUT2D eigenvalue weighted by molar-refractivity contribution is 6.23. The van der Waals surface area contributed by atoms with Crippen molar-refractivity contribution >= 4 is 17.6 Å². The Morgan fingerprint density at radius 1 is 1.05 bits per heavy atom. The summed E-state index contributed by atoms with van der Waals surface area (Å²) >= 11 is 0. The lowest BCUT2D eigenvalue weighted by atomic mass is 10.0. The van der Waals surface area contributed by atoms with Gasteiger partial charge < -0.3 is 0 Å². The topological polar surface area (TPSA) is 54.5 Å². The Morgan fingerprint density at radius 2 is 1.85 bits per heavy atom. The minimum Gasteiger partial charge on any atom is -0.297 e. The monoisotopic (exact) mass is 271 g/mol. The average molecular weight is 271 g/mol. The van der Waals surface area contributed by atoms with Gasteiger partial charge in [0.2, 0.25) is 0 Å². The molecule has 3 rings (SSSR count). The van der Waals surface area contributed by atoms with Gasteiger partial charge in [-0.2, -0.15) is 0 Å². The summed E-state index contributed by atoms with van der Waals surface area (Å²) in [6.07, 6.45) is 3.81. The summed E-state index contributed by atoms with van der Waals surface area (Å²) in [5.74, 6) is -0.591. The number of rotatable bonds is 1. The maximum Gasteiger partial charge on any atom is 0.262 e. The lowest BCUT2D eigenvalue weighted by Gasteiger charge is -2.23. The van der Waals surface area contributed by atoms with Crippen molar-refractivity contribution in [2.75, 3.05) is 0 Å². The predicted molar refractivity (Wildman–Crippen MR) is 73.6 cm³/mol. The van der Waals surface area contributed by atoms with Crippen LogP contribution in [0.3, 0.4) is 0 Å². The van der Waals surface area contributed by atoms with Gasteiger partial charge in [-0.3, -0.25) is 19.3 Å². The fourth-order valence-electron chi connectivity index (χ4n) is 3.17. The van der Waals surface area contributed by atoms with E-state index in [1.165, 1.54) is 4.90 Å². The van der Waals surface area contributed by atoms with Gasteiger partial charge >= 0.3 is 0 Å². The van der Waals surface area contributed by atoms with Crippen LogP contribution in [0.15, 0.2) is 18.2 Å². The minimum atomic E-state index is -0.565. The van der Waals surface area contributed by atoms with Gasteiger partial charge in [-0.25, -0.2) is 0 Å². The molecule has 0 spiro atoms. The lowest BCUT2D eigenvalue weighted by Crippen LogP contribution is -2.44. The van der Waals surface area contributed by atoms with E-state index in [1.54, 1.807) is 12.1 Å². The van der Waals surface area contributed by atoms with Gasteiger partial charge in [-0.1, -0.05) is 25.0 Å². The molecule has 1 saturated carbocycles. The molecule has 0 unspecified atom stereocenters. The van der Waals surface area contributed by atoms with Gasteiger partial charge in [0, 0.05) is 6.42 Å². The molecule has 0 aromatic heterocycles. The number of imide groups is 1. The molecule has 104 valence electrons. The van der Waals surface area contributed by atoms with Crippen LogP contribution in [0.5, 0.6) is 0 Å². The van der Waals surface area contributed by atoms with Crippen molar-refractivity contribution in [1.82, 2.24) is 4.90 Å². The first kappa shape index (κ1) is 13.0. The number of ketones is 1. The summed E-state index contributed by atoms with van der Waals surface area (Å²) in [5, 5.41) is 0. The number of amides is 2. The van der Waals surface area contributed by atoms with Gasteiger partial charge in [-0.05, 0) is 31.4 Å². The van der Waals surface area contributed by atoms with Crippen molar-refractivity contribution < 1.29 is 14.4 Å². The predicted octanol–water partition coefficient (Wildman–Crippen LogP) is 2.49. The quantitative estimate of drug-likeness (QED) is 0.582. The number of nitrogens with zero attached hydrogens (tertiary/aromatic N) is 1. The van der Waals surface area contributed by atoms with Crippen LogP contribution >= 0.6 is 0 Å². The van der Waals surface area contributed by atoms with Crippen molar-refractivity contribution in [3.8, 4) is 0 Å². The summed E-state index contributed by atoms with van der Waals surface area (Å²) in [6.45, 7) is 1.82. The van der Waals surface area contributed by atoms with E-state index in [1.807, 2.05) is 13.0 Å². The first-order valence-electron chi connectivity index (χ1n) is 7.11. The van der Waals surface area contributed by atoms with E-state index in [0.29, 0.717) is 24.0 Å². The third kappa shape index (κ3) is 1.87. The second-order valence-electron chi connectivity index (χ2n) is 5.56. The minimum absolute atomic E-state index is 0.0228. The molecule has 4 nitrogen and oxygen atoms in total. The Labute approximate surface area is 117 Å². The molecule has 1 aromatic rings. The number of carbonyl (C=O) groups is 3. The molecular weight excluding hydrogens is 254 g/mol. The molecule has 1 aromatic carbocycles. The maximum atomic E-state index is 12.5. The fraction of sp³-hybridized carbons (Fsp3) is 0.438. The van der Waals surface area contributed by atoms with Crippen LogP contribution in [-0.4, -0.2) is 28.5 Å². The van der Waals surface area contributed by atoms with Crippen LogP contribution in [0.1, 0.15) is 58.4 Å². The smallest absolute Gasteiger partial charge is 0.262 e. The Kier molecular flexibility index (Phi) is 3.16. The molecule has 0 radical (unpaired) electrons. The molecule has 2 amide bonds. The number of hydrogen-bond acceptors (Lipinski definition) is 3. The van der Waals surface area contributed by atoms with E-state index in [9.17, 15) is 14.4 Å². The lowest BCUT2D eigenvalue weighted by molar-refractivity contribution is -0.122. The first-order valence-corrected chi connectivity index (χ1v) is 7.11. The molecule has 1 fully saturated rings. The zero-order valence-corrected chi connectivity index (χ0v) is 11.5. The highest BCUT2D eigenvalue weighted by atomic mass is 16.2. The number of hydrogen-bond donors (Lipinski definition) is 0. The molecule has 0 N–H and O–H groups in total. The standard InChI is InChI=1S/C16H17NO3/c1-10-6-5-7-11-14(10)16(20)17(15(11)19)12-8-3-2-4-9-13(12)18/h5-7,12H,2-4,8-9H2,1H3/t12-/m0/s1. The second-order valence-corrected chi connectivity index (χ2v) is 5.56. The number of aryl methyl sites for hydroxylation is 1. The molecule has 0 saturated heterocycles. The Bertz CT molecular complexity index is 606. The Morgan fingerprint density at radius 3 is 2.60 bits per heavy atom. The van der Waals surface area contributed by atoms with E-state index in [2.05, 4.69) is 0 Å². The highest BCUT2D eigenvalue weighted by Gasteiger charge is 2.43. The average Bonchev–Trinajstić information content (AvgIpc) is 2.57. The van der Waals surface area contributed by atoms with E-state index < -0.39 is 6.04 Å². The van der Waals surface area contributed by atoms with Gasteiger partial charge in [0.25, 0.3) is 11.8 Å². The van der Waals surface area contributed by atoms with Crippen LogP contribution in [0.2, 0.25) is 0 Å². The van der Waals surface area contributed by atoms with Crippen LogP contribution in [-0.2, 0) is 4.79 Å². The molecule has 1 aliphatic heterocycles. The molecule has 20 heavy (non-hydrogen) atoms. The Hall–Kier alpha value is -1.97. The number of fused-ring (bicyclic) bond motifs is 1. The normalized spacial score (nSPS) is 22.9. The van der Waals surface area contributed by atoms with E-state index in [4.69, 9.17) is 0 Å². The number of carbonyl (C=O) groups excluding carboxylic acids is 3. The van der Waals surface area contributed by atoms with Crippen molar-refractivity contribution in [2.24, 2.45) is 0 Å². The van der Waals surface area contributed by atoms with Crippen LogP contribution in [0.25, 0.3) is 0 Å². The van der Waals surface area contributed by atoms with Crippen molar-refractivity contribution in [1.29, 1.82) is 0 Å². The molecule has 1 aliphatic carbocycles. The first-order chi connectivity index (χ1) is 9.61. The zero-order chi connectivity index (χ0) is 14.3. The third-order valence-electron chi connectivity index (χ3n) is 4.24. The largest absolute Gasteiger partial charge is 0.297 e. The van der Waals surface area contributed by atoms with Gasteiger partial charge in [0.05, 0.1) is 17.2 Å². The summed E-state index contributed by atoms with van der Waals surface area (Å²) in [7, 11) is 0. The van der Waals surface area contributed by atoms with Crippen LogP contribution < -0.4 is 0 Å². The van der Waals surface area contributed by atoms with Crippen LogP contribution in [0.4, 0.5) is 0 Å². The summed E-state index contributed by atoms with van der Waals surface area (Å²) in [6, 6.07) is 4.70. The second kappa shape index (κ2) is 4.85. The van der Waals surface area contributed by atoms with Crippen molar-refractivity contribution in [3.63, 3.8) is 0 Å². The van der Waals surface area contributed by atoms with Crippen LogP contribution in [0, 0.1) is 6.92 Å². The molecular formula is C16H17NO3. The van der Waals surface area contributed by atoms with Crippen molar-refractivity contribution in [3.05, 3.63) is 34.9 Å². The van der Waals surface area contributed by atoms with E-state index in [-0.39, 0.29) is 17.6 Å². The SMILES string of the molecule is Cc1cccc2c1C(=O)N([C@H]1CCCCCC1=O)C2=O. The third-order valence-corrected chi connectivity index (χ3v) is 4.24. The van der Waals surface area contributed by atoms with Gasteiger partial charge in [-0.15, -0.1) is 0 Å². The zero-order valence-electron chi connectivity index (χ0n) is 11.5. The Balaban J connectivity index is 2.01. The maximum absolute atomic E-state index is 12.5. The number of benzene rings is 1.